The van der Waals surface area contributed by atoms with Crippen LogP contribution >= 0.6 is 11.8 Å². The van der Waals surface area contributed by atoms with Gasteiger partial charge in [-0.05, 0) is 71.8 Å². The Morgan fingerprint density at radius 1 is 0.647 bits per heavy atom. The van der Waals surface area contributed by atoms with Gasteiger partial charge in [-0.1, -0.05) is 60.7 Å². The van der Waals surface area contributed by atoms with Crippen LogP contribution in [0.15, 0.2) is 132 Å². The van der Waals surface area contributed by atoms with Crippen molar-refractivity contribution in [2.75, 3.05) is 39.1 Å². The molecule has 3 N–H and O–H groups in total. The zero-order valence-electron chi connectivity index (χ0n) is 28.5. The first kappa shape index (κ1) is 36.1. The van der Waals surface area contributed by atoms with Gasteiger partial charge in [-0.15, -0.1) is 11.8 Å². The summed E-state index contributed by atoms with van der Waals surface area (Å²) in [4.78, 5) is 41.5. The molecule has 0 radical (unpaired) electrons. The predicted octanol–water partition coefficient (Wildman–Crippen LogP) is 7.60. The Morgan fingerprint density at radius 2 is 1.33 bits per heavy atom. The van der Waals surface area contributed by atoms with E-state index in [9.17, 15) is 14.4 Å². The smallest absolute Gasteiger partial charge is 0.272 e. The van der Waals surface area contributed by atoms with Crippen LogP contribution in [0.2, 0.25) is 0 Å². The SMILES string of the molecule is COc1ccc(OC)c(NC(=O)C(Sc2cccc(NC(=O)/C(=C\c3ccc(OC)c(OC)c3)NC(=O)c3ccccc3)c2)c2ccccc2)c1. The summed E-state index contributed by atoms with van der Waals surface area (Å²) >= 11 is 1.31. The lowest BCUT2D eigenvalue weighted by molar-refractivity contribution is -0.116. The molecule has 0 aliphatic rings. The summed E-state index contributed by atoms with van der Waals surface area (Å²) in [5.74, 6) is 0.751. The van der Waals surface area contributed by atoms with Gasteiger partial charge >= 0.3 is 0 Å². The number of amides is 3. The molecular formula is C40H37N3O7S. The number of nitrogens with one attached hydrogen (secondary N) is 3. The molecule has 0 aliphatic heterocycles. The van der Waals surface area contributed by atoms with Crippen LogP contribution in [0.25, 0.3) is 6.08 Å². The van der Waals surface area contributed by atoms with Gasteiger partial charge in [-0.3, -0.25) is 14.4 Å². The normalized spacial score (nSPS) is 11.5. The highest BCUT2D eigenvalue weighted by atomic mass is 32.2. The van der Waals surface area contributed by atoms with Crippen LogP contribution in [0.5, 0.6) is 23.0 Å². The van der Waals surface area contributed by atoms with Crippen molar-refractivity contribution < 1.29 is 33.3 Å². The zero-order chi connectivity index (χ0) is 36.2. The Labute approximate surface area is 300 Å². The number of anilines is 2. The number of benzene rings is 5. The fourth-order valence-corrected chi connectivity index (χ4v) is 6.13. The highest BCUT2D eigenvalue weighted by Crippen LogP contribution is 2.39. The van der Waals surface area contributed by atoms with Crippen molar-refractivity contribution in [3.05, 3.63) is 144 Å². The monoisotopic (exact) mass is 703 g/mol. The van der Waals surface area contributed by atoms with E-state index in [2.05, 4.69) is 16.0 Å². The minimum Gasteiger partial charge on any atom is -0.497 e. The minimum atomic E-state index is -0.668. The zero-order valence-corrected chi connectivity index (χ0v) is 29.3. The number of carbonyl (C=O) groups is 3. The molecule has 260 valence electrons. The molecule has 10 nitrogen and oxygen atoms in total. The Hall–Kier alpha value is -6.20. The summed E-state index contributed by atoms with van der Waals surface area (Å²) in [6, 6.07) is 35.5. The molecular weight excluding hydrogens is 667 g/mol. The molecule has 11 heteroatoms. The quantitative estimate of drug-likeness (QED) is 0.0798. The number of carbonyl (C=O) groups excluding carboxylic acids is 3. The summed E-state index contributed by atoms with van der Waals surface area (Å²) < 4.78 is 21.6. The number of hydrogen-bond donors (Lipinski definition) is 3. The van der Waals surface area contributed by atoms with Gasteiger partial charge in [0, 0.05) is 22.2 Å². The molecule has 0 spiro atoms. The topological polar surface area (TPSA) is 124 Å². The van der Waals surface area contributed by atoms with E-state index in [0.717, 1.165) is 5.56 Å². The molecule has 3 amide bonds. The molecule has 0 bridgehead atoms. The van der Waals surface area contributed by atoms with Gasteiger partial charge in [0.25, 0.3) is 11.8 Å². The summed E-state index contributed by atoms with van der Waals surface area (Å²) in [5.41, 5.74) is 2.69. The molecule has 1 unspecified atom stereocenters. The molecule has 0 saturated carbocycles. The minimum absolute atomic E-state index is 0.00269. The van der Waals surface area contributed by atoms with E-state index in [1.54, 1.807) is 98.1 Å². The van der Waals surface area contributed by atoms with Crippen molar-refractivity contribution in [3.63, 3.8) is 0 Å². The summed E-state index contributed by atoms with van der Waals surface area (Å²) in [6.07, 6.45) is 1.55. The van der Waals surface area contributed by atoms with E-state index >= 15 is 0 Å². The maximum Gasteiger partial charge on any atom is 0.272 e. The molecule has 0 aromatic heterocycles. The van der Waals surface area contributed by atoms with Crippen LogP contribution in [0, 0.1) is 0 Å². The van der Waals surface area contributed by atoms with Crippen LogP contribution in [0.1, 0.15) is 26.7 Å². The molecule has 5 rings (SSSR count). The van der Waals surface area contributed by atoms with Gasteiger partial charge in [0.2, 0.25) is 5.91 Å². The third-order valence-electron chi connectivity index (χ3n) is 7.60. The maximum atomic E-state index is 13.9. The fourth-order valence-electron chi connectivity index (χ4n) is 5.04. The van der Waals surface area contributed by atoms with E-state index < -0.39 is 17.1 Å². The first-order chi connectivity index (χ1) is 24.8. The number of ether oxygens (including phenoxy) is 4. The van der Waals surface area contributed by atoms with Gasteiger partial charge in [0.1, 0.15) is 22.4 Å². The summed E-state index contributed by atoms with van der Waals surface area (Å²) in [7, 11) is 6.13. The lowest BCUT2D eigenvalue weighted by atomic mass is 10.1. The van der Waals surface area contributed by atoms with Gasteiger partial charge in [-0.2, -0.15) is 0 Å². The Morgan fingerprint density at radius 3 is 2.02 bits per heavy atom. The number of hydrogen-bond acceptors (Lipinski definition) is 8. The van der Waals surface area contributed by atoms with Crippen LogP contribution in [0.3, 0.4) is 0 Å². The average Bonchev–Trinajstić information content (AvgIpc) is 3.17. The number of methoxy groups -OCH3 is 4. The standard InChI is InChI=1S/C40H37N3O7S/c1-47-30-19-21-34(48-2)32(25-30)42-40(46)37(27-12-7-5-8-13-27)51-31-17-11-16-29(24-31)41-39(45)33(43-38(44)28-14-9-6-10-15-28)22-26-18-20-35(49-3)36(23-26)50-4/h5-25,37H,1-4H3,(H,41,45)(H,42,46)(H,43,44)/b33-22+. The van der Waals surface area contributed by atoms with Gasteiger partial charge < -0.3 is 34.9 Å². The second-order valence-electron chi connectivity index (χ2n) is 10.9. The second-order valence-corrected chi connectivity index (χ2v) is 12.1. The third kappa shape index (κ3) is 9.49. The fraction of sp³-hybridized carbons (Fsp3) is 0.125. The van der Waals surface area contributed by atoms with E-state index in [1.165, 1.54) is 33.1 Å². The molecule has 1 atom stereocenters. The largest absolute Gasteiger partial charge is 0.497 e. The summed E-state index contributed by atoms with van der Waals surface area (Å²) in [5, 5.41) is 7.97. The van der Waals surface area contributed by atoms with Crippen molar-refractivity contribution >= 4 is 46.9 Å². The maximum absolute atomic E-state index is 13.9. The molecule has 0 saturated heterocycles. The van der Waals surface area contributed by atoms with E-state index in [1.807, 2.05) is 36.4 Å². The highest BCUT2D eigenvalue weighted by molar-refractivity contribution is 8.00. The Bertz CT molecular complexity index is 2020. The highest BCUT2D eigenvalue weighted by Gasteiger charge is 2.24. The van der Waals surface area contributed by atoms with Crippen LogP contribution in [-0.4, -0.2) is 46.2 Å². The van der Waals surface area contributed by atoms with Crippen molar-refractivity contribution in [1.82, 2.24) is 5.32 Å². The van der Waals surface area contributed by atoms with E-state index in [0.29, 0.717) is 50.4 Å². The Kier molecular flexibility index (Phi) is 12.4. The lowest BCUT2D eigenvalue weighted by Gasteiger charge is -2.19. The second kappa shape index (κ2) is 17.5. The van der Waals surface area contributed by atoms with Crippen molar-refractivity contribution in [2.45, 2.75) is 10.1 Å². The third-order valence-corrected chi connectivity index (χ3v) is 8.85. The molecule has 0 heterocycles. The van der Waals surface area contributed by atoms with Gasteiger partial charge in [-0.25, -0.2) is 0 Å². The molecule has 5 aromatic rings. The van der Waals surface area contributed by atoms with Gasteiger partial charge in [0.15, 0.2) is 11.5 Å². The first-order valence-corrected chi connectivity index (χ1v) is 16.7. The van der Waals surface area contributed by atoms with Crippen molar-refractivity contribution in [3.8, 4) is 23.0 Å². The van der Waals surface area contributed by atoms with Crippen molar-refractivity contribution in [2.24, 2.45) is 0 Å². The van der Waals surface area contributed by atoms with Crippen LogP contribution in [-0.2, 0) is 9.59 Å². The molecule has 5 aromatic carbocycles. The molecule has 51 heavy (non-hydrogen) atoms. The number of thioether (sulfide) groups is 1. The van der Waals surface area contributed by atoms with Crippen molar-refractivity contribution in [1.29, 1.82) is 0 Å². The Balaban J connectivity index is 1.41. The van der Waals surface area contributed by atoms with Crippen LogP contribution < -0.4 is 34.9 Å². The molecule has 0 fully saturated rings. The van der Waals surface area contributed by atoms with Gasteiger partial charge in [0.05, 0.1) is 34.1 Å². The first-order valence-electron chi connectivity index (χ1n) is 15.8. The van der Waals surface area contributed by atoms with E-state index in [4.69, 9.17) is 18.9 Å². The average molecular weight is 704 g/mol. The molecule has 0 aliphatic carbocycles. The lowest BCUT2D eigenvalue weighted by Crippen LogP contribution is -2.30. The predicted molar refractivity (Wildman–Crippen MR) is 200 cm³/mol. The van der Waals surface area contributed by atoms with E-state index in [-0.39, 0.29) is 11.6 Å². The summed E-state index contributed by atoms with van der Waals surface area (Å²) in [6.45, 7) is 0. The number of rotatable bonds is 14. The van der Waals surface area contributed by atoms with Crippen LogP contribution in [0.4, 0.5) is 11.4 Å².